The third-order valence-electron chi connectivity index (χ3n) is 2.10. The fourth-order valence-electron chi connectivity index (χ4n) is 1.40. The normalized spacial score (nSPS) is 9.53. The van der Waals surface area contributed by atoms with E-state index in [0.29, 0.717) is 11.3 Å². The second-order valence-electron chi connectivity index (χ2n) is 3.09. The van der Waals surface area contributed by atoms with E-state index in [1.165, 1.54) is 12.1 Å². The van der Waals surface area contributed by atoms with E-state index in [9.17, 15) is 4.79 Å². The molecule has 0 fully saturated rings. The van der Waals surface area contributed by atoms with Gasteiger partial charge in [0, 0.05) is 6.07 Å². The molecule has 0 amide bonds. The minimum Gasteiger partial charge on any atom is -0.321 e. The van der Waals surface area contributed by atoms with Gasteiger partial charge in [-0.1, -0.05) is 30.3 Å². The van der Waals surface area contributed by atoms with Crippen molar-refractivity contribution < 1.29 is 0 Å². The summed E-state index contributed by atoms with van der Waals surface area (Å²) in [4.78, 5) is 13.8. The number of benzene rings is 1. The second kappa shape index (κ2) is 3.81. The Bertz CT molecular complexity index is 564. The summed E-state index contributed by atoms with van der Waals surface area (Å²) < 4.78 is 0. The van der Waals surface area contributed by atoms with Crippen LogP contribution in [-0.2, 0) is 0 Å². The molecule has 1 heterocycles. The second-order valence-corrected chi connectivity index (χ2v) is 3.09. The van der Waals surface area contributed by atoms with Crippen LogP contribution in [-0.4, -0.2) is 4.98 Å². The van der Waals surface area contributed by atoms with Crippen molar-refractivity contribution in [2.45, 2.75) is 0 Å². The van der Waals surface area contributed by atoms with Gasteiger partial charge in [-0.25, -0.2) is 0 Å². The average molecular weight is 196 g/mol. The van der Waals surface area contributed by atoms with Gasteiger partial charge in [0.25, 0.3) is 0 Å². The predicted octanol–water partition coefficient (Wildman–Crippen LogP) is 1.91. The van der Waals surface area contributed by atoms with E-state index in [1.54, 1.807) is 0 Å². The van der Waals surface area contributed by atoms with Gasteiger partial charge >= 0.3 is 0 Å². The van der Waals surface area contributed by atoms with E-state index >= 15 is 0 Å². The van der Waals surface area contributed by atoms with Gasteiger partial charge in [-0.3, -0.25) is 4.79 Å². The fraction of sp³-hybridized carbons (Fsp3) is 0. The zero-order valence-electron chi connectivity index (χ0n) is 7.90. The highest BCUT2D eigenvalue weighted by Gasteiger charge is 2.04. The molecule has 15 heavy (non-hydrogen) atoms. The Kier molecular flexibility index (Phi) is 2.34. The lowest BCUT2D eigenvalue weighted by Crippen LogP contribution is -2.05. The van der Waals surface area contributed by atoms with Gasteiger partial charge < -0.3 is 4.98 Å². The van der Waals surface area contributed by atoms with Crippen LogP contribution in [0.5, 0.6) is 0 Å². The number of hydrogen-bond donors (Lipinski definition) is 1. The largest absolute Gasteiger partial charge is 0.321 e. The number of aromatic amines is 1. The quantitative estimate of drug-likeness (QED) is 0.757. The Morgan fingerprint density at radius 3 is 2.47 bits per heavy atom. The monoisotopic (exact) mass is 196 g/mol. The highest BCUT2D eigenvalue weighted by molar-refractivity contribution is 5.65. The molecule has 3 heteroatoms. The number of H-pyrrole nitrogens is 1. The van der Waals surface area contributed by atoms with Crippen molar-refractivity contribution in [3.63, 3.8) is 0 Å². The molecule has 72 valence electrons. The van der Waals surface area contributed by atoms with Crippen molar-refractivity contribution in [1.29, 1.82) is 5.26 Å². The summed E-state index contributed by atoms with van der Waals surface area (Å²) >= 11 is 0. The van der Waals surface area contributed by atoms with Crippen LogP contribution in [0.2, 0.25) is 0 Å². The average Bonchev–Trinajstić information content (AvgIpc) is 2.30. The molecular formula is C12H8N2O. The zero-order chi connectivity index (χ0) is 10.7. The molecule has 0 aliphatic heterocycles. The third kappa shape index (κ3) is 1.79. The molecule has 0 saturated heterocycles. The first-order valence-corrected chi connectivity index (χ1v) is 4.50. The van der Waals surface area contributed by atoms with Crippen molar-refractivity contribution in [1.82, 2.24) is 4.98 Å². The molecule has 0 radical (unpaired) electrons. The fourth-order valence-corrected chi connectivity index (χ4v) is 1.40. The van der Waals surface area contributed by atoms with Crippen LogP contribution >= 0.6 is 0 Å². The smallest absolute Gasteiger partial charge is 0.248 e. The Hall–Kier alpha value is -2.34. The molecule has 1 aromatic carbocycles. The summed E-state index contributed by atoms with van der Waals surface area (Å²) in [7, 11) is 0. The topological polar surface area (TPSA) is 56.6 Å². The molecule has 0 aliphatic rings. The van der Waals surface area contributed by atoms with Crippen LogP contribution < -0.4 is 5.56 Å². The van der Waals surface area contributed by atoms with E-state index < -0.39 is 0 Å². The van der Waals surface area contributed by atoms with Crippen LogP contribution in [0.1, 0.15) is 5.56 Å². The lowest BCUT2D eigenvalue weighted by molar-refractivity contribution is 1.23. The molecule has 1 aromatic heterocycles. The Morgan fingerprint density at radius 2 is 1.80 bits per heavy atom. The predicted molar refractivity (Wildman–Crippen MR) is 57.2 cm³/mol. The maximum Gasteiger partial charge on any atom is 0.248 e. The summed E-state index contributed by atoms with van der Waals surface area (Å²) in [6, 6.07) is 14.3. The lowest BCUT2D eigenvalue weighted by Gasteiger charge is -2.02. The van der Waals surface area contributed by atoms with Crippen LogP contribution in [0.15, 0.2) is 47.3 Å². The van der Waals surface area contributed by atoms with Gasteiger partial charge in [-0.15, -0.1) is 0 Å². The van der Waals surface area contributed by atoms with Crippen molar-refractivity contribution >= 4 is 0 Å². The van der Waals surface area contributed by atoms with E-state index in [0.717, 1.165) is 5.56 Å². The van der Waals surface area contributed by atoms with Crippen LogP contribution in [0.3, 0.4) is 0 Å². The number of aromatic nitrogens is 1. The molecule has 2 rings (SSSR count). The van der Waals surface area contributed by atoms with E-state index in [4.69, 9.17) is 5.26 Å². The van der Waals surface area contributed by atoms with Crippen LogP contribution in [0, 0.1) is 11.3 Å². The van der Waals surface area contributed by atoms with Gasteiger partial charge in [-0.2, -0.15) is 5.26 Å². The maximum absolute atomic E-state index is 11.2. The van der Waals surface area contributed by atoms with Crippen LogP contribution in [0.4, 0.5) is 0 Å². The van der Waals surface area contributed by atoms with Crippen molar-refractivity contribution in [3.05, 3.63) is 58.4 Å². The molecule has 3 nitrogen and oxygen atoms in total. The summed E-state index contributed by atoms with van der Waals surface area (Å²) in [5.41, 5.74) is 1.69. The van der Waals surface area contributed by atoms with Gasteiger partial charge in [-0.05, 0) is 11.6 Å². The summed E-state index contributed by atoms with van der Waals surface area (Å²) in [5, 5.41) is 8.90. The lowest BCUT2D eigenvalue weighted by atomic mass is 10.1. The summed E-state index contributed by atoms with van der Waals surface area (Å²) in [6.07, 6.45) is 0. The minimum atomic E-state index is -0.201. The van der Waals surface area contributed by atoms with Gasteiger partial charge in [0.1, 0.15) is 6.07 Å². The molecule has 0 atom stereocenters. The van der Waals surface area contributed by atoms with Gasteiger partial charge in [0.05, 0.1) is 11.3 Å². The molecule has 0 unspecified atom stereocenters. The van der Waals surface area contributed by atoms with E-state index in [2.05, 4.69) is 11.1 Å². The maximum atomic E-state index is 11.2. The number of nitrogens with one attached hydrogen (secondary N) is 1. The summed E-state index contributed by atoms with van der Waals surface area (Å²) in [6.45, 7) is 0. The third-order valence-corrected chi connectivity index (χ3v) is 2.10. The highest BCUT2D eigenvalue weighted by Crippen LogP contribution is 2.18. The first-order valence-electron chi connectivity index (χ1n) is 4.50. The number of nitriles is 1. The Labute approximate surface area is 86.6 Å². The molecule has 0 bridgehead atoms. The number of nitrogens with zero attached hydrogens (tertiary/aromatic N) is 1. The SMILES string of the molecule is N#Cc1ccc(=O)[nH]c1-c1ccccc1. The first-order chi connectivity index (χ1) is 7.31. The Morgan fingerprint density at radius 1 is 1.07 bits per heavy atom. The van der Waals surface area contributed by atoms with Crippen molar-refractivity contribution in [2.24, 2.45) is 0 Å². The van der Waals surface area contributed by atoms with Gasteiger partial charge in [0.15, 0.2) is 0 Å². The van der Waals surface area contributed by atoms with E-state index in [1.807, 2.05) is 30.3 Å². The molecule has 0 spiro atoms. The minimum absolute atomic E-state index is 0.201. The zero-order valence-corrected chi connectivity index (χ0v) is 7.90. The molecule has 1 N–H and O–H groups in total. The van der Waals surface area contributed by atoms with Crippen molar-refractivity contribution in [3.8, 4) is 17.3 Å². The molecule has 0 aliphatic carbocycles. The molecule has 0 saturated carbocycles. The number of rotatable bonds is 1. The van der Waals surface area contributed by atoms with Gasteiger partial charge in [0.2, 0.25) is 5.56 Å². The first kappa shape index (κ1) is 9.22. The summed E-state index contributed by atoms with van der Waals surface area (Å²) in [5.74, 6) is 0. The van der Waals surface area contributed by atoms with Crippen molar-refractivity contribution in [2.75, 3.05) is 0 Å². The number of pyridine rings is 1. The van der Waals surface area contributed by atoms with E-state index in [-0.39, 0.29) is 5.56 Å². The molecule has 2 aromatic rings. The molecular weight excluding hydrogens is 188 g/mol. The standard InChI is InChI=1S/C12H8N2O/c13-8-10-6-7-11(15)14-12(10)9-4-2-1-3-5-9/h1-7H,(H,14,15). The van der Waals surface area contributed by atoms with Crippen LogP contribution in [0.25, 0.3) is 11.3 Å². The number of hydrogen-bond acceptors (Lipinski definition) is 2. The Balaban J connectivity index is 2.68. The highest BCUT2D eigenvalue weighted by atomic mass is 16.1.